The lowest BCUT2D eigenvalue weighted by Crippen LogP contribution is -2.51. The third kappa shape index (κ3) is 9.68. The second-order valence-corrected chi connectivity index (χ2v) is 17.9. The smallest absolute Gasteiger partial charge is 0.408 e. The quantitative estimate of drug-likeness (QED) is 0.111. The minimum atomic E-state index is -0.889. The Morgan fingerprint density at radius 2 is 1.44 bits per heavy atom. The fraction of sp³-hybridized carbons (Fsp3) is 0.500. The molecule has 3 fully saturated rings. The van der Waals surface area contributed by atoms with Crippen LogP contribution in [0, 0.1) is 5.92 Å². The zero-order chi connectivity index (χ0) is 44.1. The van der Waals surface area contributed by atoms with E-state index in [0.29, 0.717) is 44.7 Å². The van der Waals surface area contributed by atoms with E-state index in [-0.39, 0.29) is 41.3 Å². The molecule has 8 rings (SSSR count). The highest BCUT2D eigenvalue weighted by Gasteiger charge is 2.39. The van der Waals surface area contributed by atoms with Crippen LogP contribution in [0.4, 0.5) is 9.59 Å². The molecule has 334 valence electrons. The summed E-state index contributed by atoms with van der Waals surface area (Å²) < 4.78 is 15.9. The van der Waals surface area contributed by atoms with Crippen molar-refractivity contribution < 1.29 is 33.4 Å². The van der Waals surface area contributed by atoms with Crippen molar-refractivity contribution in [3.05, 3.63) is 102 Å². The number of amides is 4. The molecule has 4 N–H and O–H groups in total. The van der Waals surface area contributed by atoms with Gasteiger partial charge in [-0.05, 0) is 78.5 Å². The molecule has 4 aliphatic rings. The Bertz CT molecular complexity index is 2270. The lowest BCUT2D eigenvalue weighted by atomic mass is 9.71. The fourth-order valence-electron chi connectivity index (χ4n) is 9.55. The number of methoxy groups -OCH3 is 1. The van der Waals surface area contributed by atoms with Crippen LogP contribution in [0.5, 0.6) is 0 Å². The second kappa shape index (κ2) is 19.2. The normalized spacial score (nSPS) is 22.7. The van der Waals surface area contributed by atoms with E-state index in [1.165, 1.54) is 18.2 Å². The van der Waals surface area contributed by atoms with Crippen LogP contribution in [0.1, 0.15) is 125 Å². The van der Waals surface area contributed by atoms with Gasteiger partial charge in [0.15, 0.2) is 0 Å². The highest BCUT2D eigenvalue weighted by molar-refractivity contribution is 5.88. The van der Waals surface area contributed by atoms with Gasteiger partial charge in [-0.1, -0.05) is 81.4 Å². The molecular weight excluding hydrogens is 801 g/mol. The van der Waals surface area contributed by atoms with Crippen LogP contribution in [-0.2, 0) is 29.2 Å². The molecule has 0 radical (unpaired) electrons. The highest BCUT2D eigenvalue weighted by atomic mass is 16.6. The summed E-state index contributed by atoms with van der Waals surface area (Å²) in [4.78, 5) is 73.3. The third-order valence-electron chi connectivity index (χ3n) is 13.4. The number of aromatic amines is 2. The molecule has 2 aromatic heterocycles. The number of nitrogens with one attached hydrogen (secondary N) is 4. The largest absolute Gasteiger partial charge is 0.453 e. The number of hydrogen-bond acceptors (Lipinski definition) is 9. The molecule has 5 atom stereocenters. The molecule has 4 aromatic rings. The number of rotatable bonds is 12. The van der Waals surface area contributed by atoms with Gasteiger partial charge in [-0.3, -0.25) is 9.59 Å². The maximum Gasteiger partial charge on any atom is 0.408 e. The van der Waals surface area contributed by atoms with Crippen molar-refractivity contribution in [1.82, 2.24) is 40.4 Å². The summed E-state index contributed by atoms with van der Waals surface area (Å²) in [6, 6.07) is 16.0. The number of alkyl carbamates (subject to hydrolysis) is 2. The molecule has 63 heavy (non-hydrogen) atoms. The Morgan fingerprint density at radius 3 is 2.06 bits per heavy atom. The highest BCUT2D eigenvalue weighted by Crippen LogP contribution is 2.42. The number of likely N-dealkylation sites (tertiary alicyclic amines) is 2. The molecule has 3 aliphatic heterocycles. The van der Waals surface area contributed by atoms with Gasteiger partial charge in [0.05, 0.1) is 56.2 Å². The number of hydrogen-bond donors (Lipinski definition) is 4. The molecule has 0 bridgehead atoms. The standard InChI is InChI=1S/C48H60N8O7/c1-30(2)40(53-46(59)61-4)44(57)55-24-8-12-38(55)42-49-28-36(51-42)31-14-16-34(17-15-31)48(3)22-18-32(19-23-48)37-29-50-43(52-37)39-13-9-25-56(39)45(58)41(33-10-6-5-7-11-33)54-47(60)63-35-20-26-62-27-21-35/h5-7,10-11,14-18,28-30,35,38-41H,8-9,12-13,19-27H2,1-4H3,(H,49,51)(H,50,52)(H,53,59)(H,54,60)/t38-,39-,40-,41-,48?/m0/s1. The summed E-state index contributed by atoms with van der Waals surface area (Å²) in [7, 11) is 1.30. The first-order valence-electron chi connectivity index (χ1n) is 22.5. The summed E-state index contributed by atoms with van der Waals surface area (Å²) in [6.45, 7) is 8.39. The van der Waals surface area contributed by atoms with Gasteiger partial charge in [-0.25, -0.2) is 19.6 Å². The van der Waals surface area contributed by atoms with Crippen molar-refractivity contribution in [2.75, 3.05) is 33.4 Å². The lowest BCUT2D eigenvalue weighted by Gasteiger charge is -2.33. The summed E-state index contributed by atoms with van der Waals surface area (Å²) >= 11 is 0. The number of allylic oxidation sites excluding steroid dienone is 2. The van der Waals surface area contributed by atoms with Crippen LogP contribution in [0.25, 0.3) is 16.8 Å². The van der Waals surface area contributed by atoms with Gasteiger partial charge in [0, 0.05) is 25.9 Å². The van der Waals surface area contributed by atoms with Crippen molar-refractivity contribution in [2.45, 2.75) is 114 Å². The predicted octanol–water partition coefficient (Wildman–Crippen LogP) is 7.68. The maximum absolute atomic E-state index is 14.3. The van der Waals surface area contributed by atoms with E-state index in [0.717, 1.165) is 73.5 Å². The summed E-state index contributed by atoms with van der Waals surface area (Å²) in [5.41, 5.74) is 5.99. The van der Waals surface area contributed by atoms with E-state index >= 15 is 0 Å². The van der Waals surface area contributed by atoms with Gasteiger partial charge in [0.2, 0.25) is 5.91 Å². The van der Waals surface area contributed by atoms with Gasteiger partial charge >= 0.3 is 12.2 Å². The number of carbonyl (C=O) groups is 4. The Balaban J connectivity index is 0.903. The molecule has 15 heteroatoms. The topological polar surface area (TPSA) is 184 Å². The number of carbonyl (C=O) groups excluding carboxylic acids is 4. The van der Waals surface area contributed by atoms with Crippen LogP contribution in [0.15, 0.2) is 73.1 Å². The van der Waals surface area contributed by atoms with Crippen LogP contribution in [-0.4, -0.2) is 99.3 Å². The van der Waals surface area contributed by atoms with Crippen LogP contribution < -0.4 is 10.6 Å². The van der Waals surface area contributed by atoms with Crippen molar-refractivity contribution in [2.24, 2.45) is 5.92 Å². The van der Waals surface area contributed by atoms with E-state index in [9.17, 15) is 19.2 Å². The zero-order valence-corrected chi connectivity index (χ0v) is 36.7. The van der Waals surface area contributed by atoms with E-state index in [1.807, 2.05) is 66.4 Å². The van der Waals surface area contributed by atoms with Gasteiger partial charge in [-0.2, -0.15) is 0 Å². The van der Waals surface area contributed by atoms with Crippen molar-refractivity contribution in [1.29, 1.82) is 0 Å². The van der Waals surface area contributed by atoms with E-state index in [2.05, 4.69) is 57.9 Å². The van der Waals surface area contributed by atoms with Crippen LogP contribution in [0.2, 0.25) is 0 Å². The number of imidazole rings is 2. The van der Waals surface area contributed by atoms with E-state index < -0.39 is 24.3 Å². The van der Waals surface area contributed by atoms with Gasteiger partial charge in [0.1, 0.15) is 29.8 Å². The average Bonchev–Trinajstić information content (AvgIpc) is 4.15. The Labute approximate surface area is 368 Å². The average molecular weight is 861 g/mol. The van der Waals surface area contributed by atoms with Crippen molar-refractivity contribution in [3.63, 3.8) is 0 Å². The lowest BCUT2D eigenvalue weighted by molar-refractivity contribution is -0.136. The Hall–Kier alpha value is -5.96. The van der Waals surface area contributed by atoms with E-state index in [1.54, 1.807) is 0 Å². The molecule has 3 saturated heterocycles. The van der Waals surface area contributed by atoms with E-state index in [4.69, 9.17) is 24.2 Å². The van der Waals surface area contributed by atoms with Crippen LogP contribution >= 0.6 is 0 Å². The third-order valence-corrected chi connectivity index (χ3v) is 13.4. The molecule has 0 spiro atoms. The fourth-order valence-corrected chi connectivity index (χ4v) is 9.55. The SMILES string of the molecule is COC(=O)N[C@H](C(=O)N1CCC[C@H]1c1ncc(-c2ccc(C3(C)CC=C(c4cnc([C@@H]5CCCN5C(=O)[C@@H](NC(=O)OC5CCOCC5)c5ccccc5)[nH]4)CC3)cc2)[nH]1)C(C)C. The van der Waals surface area contributed by atoms with Crippen molar-refractivity contribution >= 4 is 29.6 Å². The first-order valence-corrected chi connectivity index (χ1v) is 22.5. The molecule has 5 heterocycles. The minimum Gasteiger partial charge on any atom is -0.453 e. The summed E-state index contributed by atoms with van der Waals surface area (Å²) in [5.74, 6) is 1.07. The second-order valence-electron chi connectivity index (χ2n) is 17.9. The molecular formula is C48H60N8O7. The minimum absolute atomic E-state index is 0.0556. The number of H-pyrrole nitrogens is 2. The summed E-state index contributed by atoms with van der Waals surface area (Å²) in [5, 5.41) is 5.59. The first-order chi connectivity index (χ1) is 30.5. The number of nitrogens with zero attached hydrogens (tertiary/aromatic N) is 4. The first kappa shape index (κ1) is 43.7. The van der Waals surface area contributed by atoms with Gasteiger partial charge in [0.25, 0.3) is 5.91 Å². The number of aromatic nitrogens is 4. The monoisotopic (exact) mass is 860 g/mol. The Morgan fingerprint density at radius 1 is 0.810 bits per heavy atom. The number of ether oxygens (including phenoxy) is 3. The molecule has 1 aliphatic carbocycles. The van der Waals surface area contributed by atoms with Gasteiger partial charge < -0.3 is 44.6 Å². The summed E-state index contributed by atoms with van der Waals surface area (Å²) in [6.07, 6.45) is 11.8. The molecule has 0 saturated carbocycles. The maximum atomic E-state index is 14.3. The molecule has 4 amide bonds. The molecule has 15 nitrogen and oxygen atoms in total. The molecule has 2 aromatic carbocycles. The predicted molar refractivity (Wildman–Crippen MR) is 236 cm³/mol. The van der Waals surface area contributed by atoms with Crippen LogP contribution in [0.3, 0.4) is 0 Å². The zero-order valence-electron chi connectivity index (χ0n) is 36.7. The number of benzene rings is 2. The molecule has 1 unspecified atom stereocenters. The van der Waals surface area contributed by atoms with Crippen molar-refractivity contribution in [3.8, 4) is 11.3 Å². The van der Waals surface area contributed by atoms with Gasteiger partial charge in [-0.15, -0.1) is 0 Å². The Kier molecular flexibility index (Phi) is 13.3.